The summed E-state index contributed by atoms with van der Waals surface area (Å²) in [6.45, 7) is 6.72. The first-order valence-corrected chi connectivity index (χ1v) is 11.4. The van der Waals surface area contributed by atoms with Crippen molar-refractivity contribution in [2.45, 2.75) is 38.1 Å². The summed E-state index contributed by atoms with van der Waals surface area (Å²) in [5.41, 5.74) is 1.17. The summed E-state index contributed by atoms with van der Waals surface area (Å²) in [4.78, 5) is 4.43. The largest absolute Gasteiger partial charge is 0.494 e. The molecule has 4 aromatic rings. The zero-order chi connectivity index (χ0) is 22.5. The maximum Gasteiger partial charge on any atom is 0.237 e. The third kappa shape index (κ3) is 4.99. The minimum Gasteiger partial charge on any atom is -0.494 e. The maximum absolute atomic E-state index is 14.7. The van der Waals surface area contributed by atoms with E-state index >= 15 is 0 Å². The van der Waals surface area contributed by atoms with Gasteiger partial charge in [0.05, 0.1) is 18.0 Å². The Morgan fingerprint density at radius 1 is 1.09 bits per heavy atom. The number of halogens is 1. The van der Waals surface area contributed by atoms with Crippen LogP contribution in [0.1, 0.15) is 32.5 Å². The van der Waals surface area contributed by atoms with Crippen LogP contribution >= 0.6 is 11.8 Å². The molecule has 0 unspecified atom stereocenters. The van der Waals surface area contributed by atoms with Crippen molar-refractivity contribution >= 4 is 11.8 Å². The van der Waals surface area contributed by atoms with Gasteiger partial charge < -0.3 is 9.26 Å². The molecule has 166 valence electrons. The molecule has 2 heterocycles. The summed E-state index contributed by atoms with van der Waals surface area (Å²) in [6, 6.07) is 14.1. The summed E-state index contributed by atoms with van der Waals surface area (Å²) in [5, 5.41) is 13.2. The van der Waals surface area contributed by atoms with E-state index in [4.69, 9.17) is 9.26 Å². The number of nitrogens with zero attached hydrogens (tertiary/aromatic N) is 5. The minimum absolute atomic E-state index is 0.363. The molecule has 2 aromatic carbocycles. The van der Waals surface area contributed by atoms with E-state index in [1.54, 1.807) is 22.8 Å². The lowest BCUT2D eigenvalue weighted by atomic mass is 10.1. The highest BCUT2D eigenvalue weighted by Crippen LogP contribution is 2.31. The van der Waals surface area contributed by atoms with E-state index in [0.717, 1.165) is 17.7 Å². The molecule has 7 nitrogen and oxygen atoms in total. The standard InChI is InChI=1S/C23H24FN5O2S/c1-4-30-17-11-9-16(10-12-17)22-26-27-23(29(22)19-8-6-5-7-18(19)24)32-14-21-25-20(28-31-21)13-15(2)3/h5-12,15H,4,13-14H2,1-3H3. The number of rotatable bonds is 9. The van der Waals surface area contributed by atoms with Gasteiger partial charge in [-0.1, -0.05) is 42.9 Å². The zero-order valence-electron chi connectivity index (χ0n) is 18.2. The Morgan fingerprint density at radius 3 is 2.59 bits per heavy atom. The van der Waals surface area contributed by atoms with Crippen molar-refractivity contribution < 1.29 is 13.7 Å². The highest BCUT2D eigenvalue weighted by atomic mass is 32.2. The monoisotopic (exact) mass is 453 g/mol. The van der Waals surface area contributed by atoms with Crippen molar-refractivity contribution in [1.29, 1.82) is 0 Å². The van der Waals surface area contributed by atoms with Gasteiger partial charge in [0.25, 0.3) is 0 Å². The number of benzene rings is 2. The van der Waals surface area contributed by atoms with Crippen molar-refractivity contribution in [1.82, 2.24) is 24.9 Å². The lowest BCUT2D eigenvalue weighted by molar-refractivity contribution is 0.340. The van der Waals surface area contributed by atoms with Crippen LogP contribution in [-0.2, 0) is 12.2 Å². The van der Waals surface area contributed by atoms with Crippen molar-refractivity contribution in [2.75, 3.05) is 6.61 Å². The van der Waals surface area contributed by atoms with Gasteiger partial charge in [-0.2, -0.15) is 4.98 Å². The fraction of sp³-hybridized carbons (Fsp3) is 0.304. The number of ether oxygens (including phenoxy) is 1. The lowest BCUT2D eigenvalue weighted by Crippen LogP contribution is -2.02. The van der Waals surface area contributed by atoms with E-state index in [9.17, 15) is 4.39 Å². The lowest BCUT2D eigenvalue weighted by Gasteiger charge is -2.11. The Labute approximate surface area is 190 Å². The van der Waals surface area contributed by atoms with Gasteiger partial charge >= 0.3 is 0 Å². The fourth-order valence-corrected chi connectivity index (χ4v) is 3.97. The molecule has 2 aromatic heterocycles. The first kappa shape index (κ1) is 22.0. The Balaban J connectivity index is 1.65. The predicted molar refractivity (Wildman–Crippen MR) is 120 cm³/mol. The number of hydrogen-bond acceptors (Lipinski definition) is 7. The van der Waals surface area contributed by atoms with Crippen LogP contribution in [0.4, 0.5) is 4.39 Å². The minimum atomic E-state index is -0.363. The average molecular weight is 454 g/mol. The van der Waals surface area contributed by atoms with E-state index in [-0.39, 0.29) is 5.82 Å². The molecular formula is C23H24FN5O2S. The number of thioether (sulfide) groups is 1. The van der Waals surface area contributed by atoms with Crippen molar-refractivity contribution in [3.05, 3.63) is 66.1 Å². The second kappa shape index (κ2) is 9.95. The molecule has 0 fully saturated rings. The molecule has 0 N–H and O–H groups in total. The van der Waals surface area contributed by atoms with Gasteiger partial charge in [-0.25, -0.2) is 4.39 Å². The summed E-state index contributed by atoms with van der Waals surface area (Å²) in [5.74, 6) is 2.95. The van der Waals surface area contributed by atoms with Gasteiger partial charge in [0, 0.05) is 12.0 Å². The normalized spacial score (nSPS) is 11.3. The second-order valence-electron chi connectivity index (χ2n) is 7.54. The molecular weight excluding hydrogens is 429 g/mol. The van der Waals surface area contributed by atoms with Crippen LogP contribution in [0.2, 0.25) is 0 Å². The molecule has 9 heteroatoms. The van der Waals surface area contributed by atoms with Gasteiger partial charge in [0.2, 0.25) is 5.89 Å². The zero-order valence-corrected chi connectivity index (χ0v) is 19.0. The summed E-state index contributed by atoms with van der Waals surface area (Å²) in [7, 11) is 0. The topological polar surface area (TPSA) is 78.9 Å². The smallest absolute Gasteiger partial charge is 0.237 e. The van der Waals surface area contributed by atoms with E-state index in [0.29, 0.717) is 46.7 Å². The van der Waals surface area contributed by atoms with Gasteiger partial charge in [-0.15, -0.1) is 10.2 Å². The molecule has 0 saturated heterocycles. The molecule has 4 rings (SSSR count). The molecule has 32 heavy (non-hydrogen) atoms. The summed E-state index contributed by atoms with van der Waals surface area (Å²) < 4.78 is 27.3. The van der Waals surface area contributed by atoms with Crippen LogP contribution in [0, 0.1) is 11.7 Å². The van der Waals surface area contributed by atoms with Crippen LogP contribution in [0.5, 0.6) is 5.75 Å². The van der Waals surface area contributed by atoms with Crippen LogP contribution in [0.3, 0.4) is 0 Å². The Bertz CT molecular complexity index is 1170. The molecule has 0 aliphatic heterocycles. The highest BCUT2D eigenvalue weighted by molar-refractivity contribution is 7.98. The first-order chi connectivity index (χ1) is 15.5. The van der Waals surface area contributed by atoms with Gasteiger partial charge in [-0.05, 0) is 49.2 Å². The predicted octanol–water partition coefficient (Wildman–Crippen LogP) is 5.35. The Kier molecular flexibility index (Phi) is 6.84. The fourth-order valence-electron chi connectivity index (χ4n) is 3.19. The van der Waals surface area contributed by atoms with Crippen LogP contribution in [-0.4, -0.2) is 31.5 Å². The summed E-state index contributed by atoms with van der Waals surface area (Å²) in [6.07, 6.45) is 0.751. The summed E-state index contributed by atoms with van der Waals surface area (Å²) >= 11 is 1.36. The molecule has 0 bridgehead atoms. The Morgan fingerprint density at radius 2 is 1.88 bits per heavy atom. The van der Waals surface area contributed by atoms with E-state index in [1.807, 2.05) is 31.2 Å². The number of hydrogen-bond donors (Lipinski definition) is 0. The van der Waals surface area contributed by atoms with E-state index in [2.05, 4.69) is 34.2 Å². The van der Waals surface area contributed by atoms with Crippen LogP contribution < -0.4 is 4.74 Å². The van der Waals surface area contributed by atoms with Gasteiger partial charge in [0.1, 0.15) is 11.6 Å². The molecule has 0 saturated carbocycles. The molecule has 0 aliphatic carbocycles. The first-order valence-electron chi connectivity index (χ1n) is 10.4. The highest BCUT2D eigenvalue weighted by Gasteiger charge is 2.20. The third-order valence-corrected chi connectivity index (χ3v) is 5.49. The van der Waals surface area contributed by atoms with Gasteiger partial charge in [0.15, 0.2) is 16.8 Å². The molecule has 0 amide bonds. The average Bonchev–Trinajstić information content (AvgIpc) is 3.40. The number of para-hydroxylation sites is 1. The third-order valence-electron chi connectivity index (χ3n) is 4.58. The SMILES string of the molecule is CCOc1ccc(-c2nnc(SCc3nc(CC(C)C)no3)n2-c2ccccc2F)cc1. The maximum atomic E-state index is 14.7. The molecule has 0 atom stereocenters. The quantitative estimate of drug-likeness (QED) is 0.316. The molecule has 0 spiro atoms. The van der Waals surface area contributed by atoms with Crippen molar-refractivity contribution in [3.8, 4) is 22.8 Å². The van der Waals surface area contributed by atoms with E-state index in [1.165, 1.54) is 17.8 Å². The molecule has 0 radical (unpaired) electrons. The number of aromatic nitrogens is 5. The van der Waals surface area contributed by atoms with Crippen molar-refractivity contribution in [3.63, 3.8) is 0 Å². The second-order valence-corrected chi connectivity index (χ2v) is 8.48. The van der Waals surface area contributed by atoms with Crippen LogP contribution in [0.25, 0.3) is 17.1 Å². The molecule has 0 aliphatic rings. The van der Waals surface area contributed by atoms with E-state index < -0.39 is 0 Å². The Hall–Kier alpha value is -3.20. The van der Waals surface area contributed by atoms with Crippen LogP contribution in [0.15, 0.2) is 58.2 Å². The van der Waals surface area contributed by atoms with Gasteiger partial charge in [-0.3, -0.25) is 4.57 Å². The van der Waals surface area contributed by atoms with Crippen molar-refractivity contribution in [2.24, 2.45) is 5.92 Å².